The molecule has 0 spiro atoms. The smallest absolute Gasteiger partial charge is 0.240 e. The van der Waals surface area contributed by atoms with E-state index in [2.05, 4.69) is 43.2 Å². The Bertz CT molecular complexity index is 675. The van der Waals surface area contributed by atoms with E-state index in [1.165, 1.54) is 5.56 Å². The van der Waals surface area contributed by atoms with Crippen LogP contribution in [0.2, 0.25) is 0 Å². The van der Waals surface area contributed by atoms with Crippen LogP contribution in [-0.2, 0) is 11.3 Å². The van der Waals surface area contributed by atoms with Gasteiger partial charge in [0.2, 0.25) is 5.91 Å². The van der Waals surface area contributed by atoms with E-state index in [-0.39, 0.29) is 17.5 Å². The molecule has 1 N–H and O–H groups in total. The minimum Gasteiger partial charge on any atom is -0.336 e. The summed E-state index contributed by atoms with van der Waals surface area (Å²) in [5, 5.41) is 4.39. The fourth-order valence-electron chi connectivity index (χ4n) is 2.87. The Kier molecular flexibility index (Phi) is 4.50. The molecule has 1 aromatic heterocycles. The molecule has 1 saturated heterocycles. The Hall–Kier alpha value is -1.72. The molecular weight excluding hydrogens is 306 g/mol. The van der Waals surface area contributed by atoms with Gasteiger partial charge in [-0.25, -0.2) is 4.98 Å². The van der Waals surface area contributed by atoms with Crippen LogP contribution >= 0.6 is 11.3 Å². The highest BCUT2D eigenvalue weighted by Gasteiger charge is 2.37. The fourth-order valence-corrected chi connectivity index (χ4v) is 3.75. The van der Waals surface area contributed by atoms with Crippen LogP contribution in [-0.4, -0.2) is 33.9 Å². The Morgan fingerprint density at radius 2 is 2.04 bits per heavy atom. The van der Waals surface area contributed by atoms with Crippen LogP contribution in [0.1, 0.15) is 32.2 Å². The molecule has 1 unspecified atom stereocenters. The van der Waals surface area contributed by atoms with Gasteiger partial charge in [0, 0.05) is 24.8 Å². The number of carbonyl (C=O) groups excluding carboxylic acids is 1. The molecule has 3 rings (SSSR count). The van der Waals surface area contributed by atoms with Gasteiger partial charge in [-0.3, -0.25) is 10.1 Å². The molecule has 1 fully saturated rings. The summed E-state index contributed by atoms with van der Waals surface area (Å²) < 4.78 is 0. The maximum Gasteiger partial charge on any atom is 0.240 e. The first-order chi connectivity index (χ1) is 10.9. The van der Waals surface area contributed by atoms with Gasteiger partial charge in [-0.05, 0) is 32.8 Å². The van der Waals surface area contributed by atoms with Crippen molar-refractivity contribution in [2.45, 2.75) is 45.3 Å². The van der Waals surface area contributed by atoms with Crippen molar-refractivity contribution >= 4 is 17.2 Å². The second-order valence-electron chi connectivity index (χ2n) is 6.87. The Morgan fingerprint density at radius 3 is 2.70 bits per heavy atom. The number of rotatable bonds is 4. The van der Waals surface area contributed by atoms with Crippen molar-refractivity contribution in [2.24, 2.45) is 0 Å². The van der Waals surface area contributed by atoms with Crippen LogP contribution in [0.25, 0.3) is 10.4 Å². The summed E-state index contributed by atoms with van der Waals surface area (Å²) in [5.41, 5.74) is 1.09. The molecule has 0 saturated carbocycles. The third-order valence-electron chi connectivity index (χ3n) is 4.13. The van der Waals surface area contributed by atoms with Crippen molar-refractivity contribution in [3.8, 4) is 10.4 Å². The van der Waals surface area contributed by atoms with Crippen molar-refractivity contribution in [2.75, 3.05) is 6.54 Å². The third kappa shape index (κ3) is 3.62. The molecule has 0 bridgehead atoms. The highest BCUT2D eigenvalue weighted by atomic mass is 32.1. The number of thiazole rings is 1. The average Bonchev–Trinajstić information content (AvgIpc) is 3.12. The summed E-state index contributed by atoms with van der Waals surface area (Å²) in [6.45, 7) is 7.72. The van der Waals surface area contributed by atoms with Gasteiger partial charge in [0.15, 0.2) is 0 Å². The molecule has 1 aromatic carbocycles. The zero-order valence-corrected chi connectivity index (χ0v) is 14.7. The first kappa shape index (κ1) is 16.1. The van der Waals surface area contributed by atoms with E-state index in [1.807, 2.05) is 29.3 Å². The van der Waals surface area contributed by atoms with Gasteiger partial charge in [-0.1, -0.05) is 30.3 Å². The number of nitrogens with zero attached hydrogens (tertiary/aromatic N) is 2. The van der Waals surface area contributed by atoms with Gasteiger partial charge < -0.3 is 4.90 Å². The van der Waals surface area contributed by atoms with Crippen molar-refractivity contribution in [3.63, 3.8) is 0 Å². The van der Waals surface area contributed by atoms with Gasteiger partial charge in [-0.2, -0.15) is 0 Å². The van der Waals surface area contributed by atoms with Crippen molar-refractivity contribution in [1.82, 2.24) is 15.2 Å². The lowest BCUT2D eigenvalue weighted by atomic mass is 10.1. The number of nitrogens with one attached hydrogen (secondary N) is 1. The van der Waals surface area contributed by atoms with Gasteiger partial charge in [0.05, 0.1) is 10.9 Å². The second-order valence-corrected chi connectivity index (χ2v) is 7.98. The topological polar surface area (TPSA) is 45.2 Å². The SMILES string of the molecule is CC(C)(C)N1CCC(NCc2ncc(-c3ccccc3)s2)C1=O. The predicted molar refractivity (Wildman–Crippen MR) is 94.3 cm³/mol. The van der Waals surface area contributed by atoms with Crippen molar-refractivity contribution in [3.05, 3.63) is 41.5 Å². The van der Waals surface area contributed by atoms with Crippen LogP contribution in [0, 0.1) is 0 Å². The van der Waals surface area contributed by atoms with Crippen molar-refractivity contribution in [1.29, 1.82) is 0 Å². The largest absolute Gasteiger partial charge is 0.336 e. The maximum atomic E-state index is 12.4. The Balaban J connectivity index is 1.60. The lowest BCUT2D eigenvalue weighted by Crippen LogP contribution is -2.46. The van der Waals surface area contributed by atoms with Crippen LogP contribution in [0.3, 0.4) is 0 Å². The molecule has 1 aliphatic heterocycles. The number of amides is 1. The average molecular weight is 329 g/mol. The molecule has 122 valence electrons. The standard InChI is InChI=1S/C18H23N3OS/c1-18(2,3)21-10-9-14(17(21)22)19-12-16-20-11-15(23-16)13-7-5-4-6-8-13/h4-8,11,14,19H,9-10,12H2,1-3H3. The monoisotopic (exact) mass is 329 g/mol. The molecule has 1 amide bonds. The summed E-state index contributed by atoms with van der Waals surface area (Å²) in [5.74, 6) is 0.206. The fraction of sp³-hybridized carbons (Fsp3) is 0.444. The van der Waals surface area contributed by atoms with Gasteiger partial charge in [-0.15, -0.1) is 11.3 Å². The number of carbonyl (C=O) groups is 1. The zero-order chi connectivity index (χ0) is 16.4. The van der Waals surface area contributed by atoms with Crippen molar-refractivity contribution < 1.29 is 4.79 Å². The Labute approximate surface area is 141 Å². The number of benzene rings is 1. The summed E-state index contributed by atoms with van der Waals surface area (Å²) in [6, 6.07) is 10.2. The Morgan fingerprint density at radius 1 is 1.30 bits per heavy atom. The van der Waals surface area contributed by atoms with E-state index in [4.69, 9.17) is 0 Å². The second kappa shape index (κ2) is 6.42. The summed E-state index contributed by atoms with van der Waals surface area (Å²) in [7, 11) is 0. The molecule has 2 heterocycles. The number of aromatic nitrogens is 1. The van der Waals surface area contributed by atoms with Crippen LogP contribution < -0.4 is 5.32 Å². The molecule has 0 radical (unpaired) electrons. The zero-order valence-electron chi connectivity index (χ0n) is 13.9. The van der Waals surface area contributed by atoms with Crippen LogP contribution in [0.4, 0.5) is 0 Å². The van der Waals surface area contributed by atoms with Crippen LogP contribution in [0.15, 0.2) is 36.5 Å². The quantitative estimate of drug-likeness (QED) is 0.936. The number of likely N-dealkylation sites (tertiary alicyclic amines) is 1. The molecule has 5 heteroatoms. The lowest BCUT2D eigenvalue weighted by molar-refractivity contribution is -0.133. The van der Waals surface area contributed by atoms with Gasteiger partial charge in [0.25, 0.3) is 0 Å². The summed E-state index contributed by atoms with van der Waals surface area (Å²) >= 11 is 1.68. The molecule has 2 aromatic rings. The molecule has 0 aliphatic carbocycles. The highest BCUT2D eigenvalue weighted by molar-refractivity contribution is 7.15. The van der Waals surface area contributed by atoms with E-state index in [0.717, 1.165) is 22.9 Å². The van der Waals surface area contributed by atoms with Gasteiger partial charge >= 0.3 is 0 Å². The molecular formula is C18H23N3OS. The van der Waals surface area contributed by atoms with E-state index in [1.54, 1.807) is 11.3 Å². The normalized spacial score (nSPS) is 18.7. The lowest BCUT2D eigenvalue weighted by Gasteiger charge is -2.32. The maximum absolute atomic E-state index is 12.4. The number of hydrogen-bond acceptors (Lipinski definition) is 4. The van der Waals surface area contributed by atoms with E-state index in [9.17, 15) is 4.79 Å². The van der Waals surface area contributed by atoms with E-state index >= 15 is 0 Å². The molecule has 1 atom stereocenters. The van der Waals surface area contributed by atoms with Crippen LogP contribution in [0.5, 0.6) is 0 Å². The first-order valence-corrected chi connectivity index (χ1v) is 8.82. The number of hydrogen-bond donors (Lipinski definition) is 1. The summed E-state index contributed by atoms with van der Waals surface area (Å²) in [6.07, 6.45) is 2.78. The molecule has 4 nitrogen and oxygen atoms in total. The minimum absolute atomic E-state index is 0.0849. The van der Waals surface area contributed by atoms with E-state index in [0.29, 0.717) is 6.54 Å². The predicted octanol–water partition coefficient (Wildman–Crippen LogP) is 3.30. The highest BCUT2D eigenvalue weighted by Crippen LogP contribution is 2.26. The van der Waals surface area contributed by atoms with E-state index < -0.39 is 0 Å². The minimum atomic E-state index is -0.102. The van der Waals surface area contributed by atoms with Gasteiger partial charge in [0.1, 0.15) is 5.01 Å². The first-order valence-electron chi connectivity index (χ1n) is 8.00. The molecule has 23 heavy (non-hydrogen) atoms. The third-order valence-corrected chi connectivity index (χ3v) is 5.17. The summed E-state index contributed by atoms with van der Waals surface area (Å²) in [4.78, 5) is 20.0. The molecule has 1 aliphatic rings.